The summed E-state index contributed by atoms with van der Waals surface area (Å²) in [5.41, 5.74) is 6.16. The molecule has 0 amide bonds. The molecule has 0 radical (unpaired) electrons. The highest BCUT2D eigenvalue weighted by Crippen LogP contribution is 2.37. The maximum atomic E-state index is 6.16. The summed E-state index contributed by atoms with van der Waals surface area (Å²) in [5.74, 6) is 0.780. The summed E-state index contributed by atoms with van der Waals surface area (Å²) in [5, 5.41) is 0. The highest BCUT2D eigenvalue weighted by molar-refractivity contribution is 4.93. The minimum atomic E-state index is 0.780. The van der Waals surface area contributed by atoms with Crippen LogP contribution in [0.2, 0.25) is 0 Å². The van der Waals surface area contributed by atoms with Crippen LogP contribution in [0.5, 0.6) is 0 Å². The maximum absolute atomic E-state index is 6.16. The van der Waals surface area contributed by atoms with Crippen LogP contribution in [0.15, 0.2) is 0 Å². The van der Waals surface area contributed by atoms with Crippen LogP contribution >= 0.6 is 0 Å². The fourth-order valence-corrected chi connectivity index (χ4v) is 5.45. The quantitative estimate of drug-likeness (QED) is 0.828. The van der Waals surface area contributed by atoms with Gasteiger partial charge in [0.2, 0.25) is 0 Å². The molecular formula is C19H36N2. The molecule has 21 heavy (non-hydrogen) atoms. The zero-order valence-corrected chi connectivity index (χ0v) is 13.9. The van der Waals surface area contributed by atoms with E-state index in [1.165, 1.54) is 89.9 Å². The van der Waals surface area contributed by atoms with Gasteiger partial charge in [-0.15, -0.1) is 0 Å². The number of hydrogen-bond acceptors (Lipinski definition) is 2. The highest BCUT2D eigenvalue weighted by atomic mass is 15.2. The first-order valence-corrected chi connectivity index (χ1v) is 9.87. The second kappa shape index (κ2) is 7.97. The Morgan fingerprint density at radius 1 is 0.619 bits per heavy atom. The lowest BCUT2D eigenvalue weighted by Crippen LogP contribution is -2.55. The van der Waals surface area contributed by atoms with E-state index in [4.69, 9.17) is 5.73 Å². The van der Waals surface area contributed by atoms with Gasteiger partial charge in [-0.05, 0) is 51.0 Å². The van der Waals surface area contributed by atoms with Gasteiger partial charge in [0.25, 0.3) is 0 Å². The summed E-state index contributed by atoms with van der Waals surface area (Å²) >= 11 is 0. The fraction of sp³-hybridized carbons (Fsp3) is 1.00. The third-order valence-electron chi connectivity index (χ3n) is 6.55. The Morgan fingerprint density at radius 3 is 1.62 bits per heavy atom. The molecule has 0 saturated heterocycles. The van der Waals surface area contributed by atoms with Crippen molar-refractivity contribution in [2.45, 2.75) is 108 Å². The molecule has 0 bridgehead atoms. The maximum Gasteiger partial charge on any atom is 0.0141 e. The summed E-state index contributed by atoms with van der Waals surface area (Å²) in [4.78, 5) is 3.05. The van der Waals surface area contributed by atoms with Gasteiger partial charge in [-0.2, -0.15) is 0 Å². The Kier molecular flexibility index (Phi) is 5.99. The van der Waals surface area contributed by atoms with Crippen molar-refractivity contribution in [1.29, 1.82) is 0 Å². The molecule has 0 aromatic rings. The molecule has 2 heteroatoms. The Balaban J connectivity index is 1.75. The average Bonchev–Trinajstić information content (AvgIpc) is 2.58. The number of nitrogens with zero attached hydrogens (tertiary/aromatic N) is 1. The molecule has 3 aliphatic carbocycles. The standard InChI is InChI=1S/C19H36N2/c20-15-16-9-7-8-14-19(16)21(17-10-3-1-4-11-17)18-12-5-2-6-13-18/h16-19H,1-15,20H2. The van der Waals surface area contributed by atoms with Crippen molar-refractivity contribution in [3.05, 3.63) is 0 Å². The van der Waals surface area contributed by atoms with Gasteiger partial charge >= 0.3 is 0 Å². The van der Waals surface area contributed by atoms with Crippen LogP contribution in [0.25, 0.3) is 0 Å². The number of hydrogen-bond donors (Lipinski definition) is 1. The van der Waals surface area contributed by atoms with Gasteiger partial charge < -0.3 is 5.73 Å². The van der Waals surface area contributed by atoms with Crippen molar-refractivity contribution in [2.24, 2.45) is 11.7 Å². The normalized spacial score (nSPS) is 33.4. The van der Waals surface area contributed by atoms with Gasteiger partial charge in [0.05, 0.1) is 0 Å². The van der Waals surface area contributed by atoms with E-state index in [0.717, 1.165) is 30.6 Å². The first-order valence-electron chi connectivity index (χ1n) is 9.87. The molecule has 2 nitrogen and oxygen atoms in total. The van der Waals surface area contributed by atoms with Crippen molar-refractivity contribution in [3.63, 3.8) is 0 Å². The van der Waals surface area contributed by atoms with E-state index in [2.05, 4.69) is 4.90 Å². The van der Waals surface area contributed by atoms with E-state index < -0.39 is 0 Å². The molecule has 3 aliphatic rings. The van der Waals surface area contributed by atoms with Crippen LogP contribution in [0, 0.1) is 5.92 Å². The van der Waals surface area contributed by atoms with Crippen molar-refractivity contribution in [2.75, 3.05) is 6.54 Å². The minimum Gasteiger partial charge on any atom is -0.330 e. The SMILES string of the molecule is NCC1CCCCC1N(C1CCCCC1)C1CCCCC1. The van der Waals surface area contributed by atoms with Crippen LogP contribution in [-0.4, -0.2) is 29.6 Å². The highest BCUT2D eigenvalue weighted by Gasteiger charge is 2.38. The molecule has 3 fully saturated rings. The van der Waals surface area contributed by atoms with Gasteiger partial charge in [-0.1, -0.05) is 51.4 Å². The van der Waals surface area contributed by atoms with Crippen molar-refractivity contribution < 1.29 is 0 Å². The van der Waals surface area contributed by atoms with Gasteiger partial charge in [0.1, 0.15) is 0 Å². The summed E-state index contributed by atoms with van der Waals surface area (Å²) in [6.07, 6.45) is 20.3. The van der Waals surface area contributed by atoms with Gasteiger partial charge in [-0.25, -0.2) is 0 Å². The van der Waals surface area contributed by atoms with Crippen molar-refractivity contribution >= 4 is 0 Å². The molecule has 3 saturated carbocycles. The Labute approximate surface area is 131 Å². The lowest BCUT2D eigenvalue weighted by molar-refractivity contribution is -0.00201. The molecule has 2 N–H and O–H groups in total. The Bertz CT molecular complexity index is 274. The second-order valence-electron chi connectivity index (χ2n) is 7.88. The molecule has 3 rings (SSSR count). The van der Waals surface area contributed by atoms with E-state index in [1.54, 1.807) is 0 Å². The fourth-order valence-electron chi connectivity index (χ4n) is 5.45. The van der Waals surface area contributed by atoms with Gasteiger partial charge in [0.15, 0.2) is 0 Å². The predicted molar refractivity (Wildman–Crippen MR) is 90.4 cm³/mol. The largest absolute Gasteiger partial charge is 0.330 e. The monoisotopic (exact) mass is 292 g/mol. The van der Waals surface area contributed by atoms with Crippen LogP contribution in [0.3, 0.4) is 0 Å². The third-order valence-corrected chi connectivity index (χ3v) is 6.55. The van der Waals surface area contributed by atoms with Gasteiger partial charge in [0, 0.05) is 18.1 Å². The topological polar surface area (TPSA) is 29.3 Å². The molecular weight excluding hydrogens is 256 g/mol. The molecule has 0 aromatic carbocycles. The first-order chi connectivity index (χ1) is 10.4. The van der Waals surface area contributed by atoms with Crippen molar-refractivity contribution in [1.82, 2.24) is 4.90 Å². The molecule has 2 unspecified atom stereocenters. The lowest BCUT2D eigenvalue weighted by atomic mass is 9.79. The number of nitrogens with two attached hydrogens (primary N) is 1. The lowest BCUT2D eigenvalue weighted by Gasteiger charge is -2.50. The molecule has 122 valence electrons. The average molecular weight is 293 g/mol. The predicted octanol–water partition coefficient (Wildman–Crippen LogP) is 4.47. The third kappa shape index (κ3) is 3.82. The number of rotatable bonds is 4. The van der Waals surface area contributed by atoms with Crippen LogP contribution in [0.4, 0.5) is 0 Å². The zero-order valence-electron chi connectivity index (χ0n) is 13.9. The molecule has 0 aliphatic heterocycles. The molecule has 0 heterocycles. The summed E-state index contributed by atoms with van der Waals surface area (Å²) in [6.45, 7) is 0.917. The summed E-state index contributed by atoms with van der Waals surface area (Å²) in [7, 11) is 0. The second-order valence-corrected chi connectivity index (χ2v) is 7.88. The minimum absolute atomic E-state index is 0.780. The molecule has 2 atom stereocenters. The van der Waals surface area contributed by atoms with Crippen LogP contribution in [0.1, 0.15) is 89.9 Å². The van der Waals surface area contributed by atoms with Crippen molar-refractivity contribution in [3.8, 4) is 0 Å². The van der Waals surface area contributed by atoms with E-state index in [9.17, 15) is 0 Å². The van der Waals surface area contributed by atoms with E-state index >= 15 is 0 Å². The first kappa shape index (κ1) is 15.8. The summed E-state index contributed by atoms with van der Waals surface area (Å²) in [6, 6.07) is 2.59. The molecule has 0 aromatic heterocycles. The Hall–Kier alpha value is -0.0800. The van der Waals surface area contributed by atoms with Crippen LogP contribution < -0.4 is 5.73 Å². The Morgan fingerprint density at radius 2 is 1.10 bits per heavy atom. The van der Waals surface area contributed by atoms with E-state index in [0.29, 0.717) is 0 Å². The van der Waals surface area contributed by atoms with E-state index in [-0.39, 0.29) is 0 Å². The summed E-state index contributed by atoms with van der Waals surface area (Å²) < 4.78 is 0. The van der Waals surface area contributed by atoms with Gasteiger partial charge in [-0.3, -0.25) is 4.90 Å². The zero-order chi connectivity index (χ0) is 14.5. The van der Waals surface area contributed by atoms with Crippen LogP contribution in [-0.2, 0) is 0 Å². The smallest absolute Gasteiger partial charge is 0.0141 e. The molecule has 0 spiro atoms. The van der Waals surface area contributed by atoms with E-state index in [1.807, 2.05) is 0 Å².